The van der Waals surface area contributed by atoms with Crippen LogP contribution in [-0.4, -0.2) is 34.1 Å². The highest BCUT2D eigenvalue weighted by Gasteiger charge is 2.37. The Labute approximate surface area is 113 Å². The summed E-state index contributed by atoms with van der Waals surface area (Å²) in [5.74, 6) is -0.283. The second-order valence-electron chi connectivity index (χ2n) is 5.42. The fraction of sp³-hybridized carbons (Fsp3) is 0.533. The van der Waals surface area contributed by atoms with Gasteiger partial charge >= 0.3 is 0 Å². The number of amides is 1. The molecule has 1 fully saturated rings. The van der Waals surface area contributed by atoms with Gasteiger partial charge in [0.1, 0.15) is 11.5 Å². The monoisotopic (exact) mass is 263 g/mol. The summed E-state index contributed by atoms with van der Waals surface area (Å²) in [5, 5.41) is 18.9. The molecule has 1 aromatic carbocycles. The molecule has 2 N–H and O–H groups in total. The number of hydrogen-bond acceptors (Lipinski definition) is 3. The van der Waals surface area contributed by atoms with E-state index in [0.29, 0.717) is 5.56 Å². The van der Waals surface area contributed by atoms with Crippen molar-refractivity contribution in [2.24, 2.45) is 5.41 Å². The average Bonchev–Trinajstić information content (AvgIpc) is 2.82. The van der Waals surface area contributed by atoms with Gasteiger partial charge in [-0.1, -0.05) is 13.8 Å². The third-order valence-electron chi connectivity index (χ3n) is 4.38. The predicted molar refractivity (Wildman–Crippen MR) is 73.3 cm³/mol. The number of aromatic hydroxyl groups is 2. The van der Waals surface area contributed by atoms with Gasteiger partial charge < -0.3 is 15.1 Å². The number of nitrogens with zero attached hydrogens (tertiary/aromatic N) is 1. The van der Waals surface area contributed by atoms with E-state index < -0.39 is 0 Å². The number of benzene rings is 1. The number of phenolic OH excluding ortho intramolecular Hbond substituents is 2. The van der Waals surface area contributed by atoms with E-state index in [1.807, 2.05) is 4.90 Å². The van der Waals surface area contributed by atoms with E-state index in [1.54, 1.807) is 0 Å². The van der Waals surface area contributed by atoms with Crippen LogP contribution >= 0.6 is 0 Å². The zero-order chi connectivity index (χ0) is 14.0. The van der Waals surface area contributed by atoms with E-state index >= 15 is 0 Å². The minimum absolute atomic E-state index is 0.0835. The van der Waals surface area contributed by atoms with Crippen LogP contribution < -0.4 is 0 Å². The minimum Gasteiger partial charge on any atom is -0.508 e. The Balaban J connectivity index is 2.17. The molecule has 1 saturated heterocycles. The van der Waals surface area contributed by atoms with Crippen LogP contribution in [0, 0.1) is 5.41 Å². The molecule has 0 aromatic heterocycles. The van der Waals surface area contributed by atoms with Crippen molar-refractivity contribution in [2.75, 3.05) is 13.1 Å². The summed E-state index contributed by atoms with van der Waals surface area (Å²) in [4.78, 5) is 14.2. The highest BCUT2D eigenvalue weighted by atomic mass is 16.3. The van der Waals surface area contributed by atoms with E-state index in [0.717, 1.165) is 32.4 Å². The summed E-state index contributed by atoms with van der Waals surface area (Å²) in [6.45, 7) is 5.83. The Morgan fingerprint density at radius 1 is 1.21 bits per heavy atom. The number of likely N-dealkylation sites (tertiary alicyclic amines) is 1. The fourth-order valence-electron chi connectivity index (χ4n) is 2.84. The second-order valence-corrected chi connectivity index (χ2v) is 5.42. The van der Waals surface area contributed by atoms with Gasteiger partial charge in [-0.05, 0) is 36.8 Å². The van der Waals surface area contributed by atoms with Gasteiger partial charge in [0.25, 0.3) is 5.91 Å². The van der Waals surface area contributed by atoms with Crippen molar-refractivity contribution in [1.82, 2.24) is 4.90 Å². The number of carbonyl (C=O) groups is 1. The van der Waals surface area contributed by atoms with E-state index in [-0.39, 0.29) is 22.8 Å². The summed E-state index contributed by atoms with van der Waals surface area (Å²) in [6, 6.07) is 4.03. The van der Waals surface area contributed by atoms with Crippen molar-refractivity contribution in [3.8, 4) is 11.5 Å². The Kier molecular flexibility index (Phi) is 3.69. The molecule has 19 heavy (non-hydrogen) atoms. The van der Waals surface area contributed by atoms with Gasteiger partial charge in [0.15, 0.2) is 0 Å². The quantitative estimate of drug-likeness (QED) is 0.881. The molecule has 1 aromatic rings. The van der Waals surface area contributed by atoms with Crippen LogP contribution in [0.5, 0.6) is 11.5 Å². The van der Waals surface area contributed by atoms with Crippen LogP contribution in [0.2, 0.25) is 0 Å². The number of rotatable bonds is 3. The molecule has 0 atom stereocenters. The smallest absolute Gasteiger partial charge is 0.254 e. The van der Waals surface area contributed by atoms with Crippen LogP contribution in [0.25, 0.3) is 0 Å². The normalized spacial score (nSPS) is 17.7. The van der Waals surface area contributed by atoms with E-state index in [4.69, 9.17) is 0 Å². The Bertz CT molecular complexity index is 460. The van der Waals surface area contributed by atoms with Gasteiger partial charge in [-0.3, -0.25) is 4.79 Å². The molecule has 0 radical (unpaired) electrons. The zero-order valence-corrected chi connectivity index (χ0v) is 11.5. The van der Waals surface area contributed by atoms with Gasteiger partial charge in [-0.2, -0.15) is 0 Å². The number of phenols is 2. The van der Waals surface area contributed by atoms with Crippen LogP contribution in [-0.2, 0) is 0 Å². The molecular weight excluding hydrogens is 242 g/mol. The summed E-state index contributed by atoms with van der Waals surface area (Å²) in [5.41, 5.74) is 0.578. The topological polar surface area (TPSA) is 60.8 Å². The lowest BCUT2D eigenvalue weighted by Crippen LogP contribution is -2.31. The molecule has 4 nitrogen and oxygen atoms in total. The molecule has 0 aliphatic carbocycles. The van der Waals surface area contributed by atoms with Crippen molar-refractivity contribution in [1.29, 1.82) is 0 Å². The van der Waals surface area contributed by atoms with E-state index in [2.05, 4.69) is 13.8 Å². The summed E-state index contributed by atoms with van der Waals surface area (Å²) in [7, 11) is 0. The maximum Gasteiger partial charge on any atom is 0.254 e. The molecule has 104 valence electrons. The van der Waals surface area contributed by atoms with Crippen molar-refractivity contribution >= 4 is 5.91 Å². The lowest BCUT2D eigenvalue weighted by atomic mass is 9.82. The molecule has 1 aliphatic heterocycles. The minimum atomic E-state index is -0.116. The standard InChI is InChI=1S/C15H21NO3/c1-3-15(4-2)5-6-16(10-15)14(19)11-7-12(17)9-13(18)8-11/h7-9,17-18H,3-6,10H2,1-2H3. The van der Waals surface area contributed by atoms with Crippen LogP contribution in [0.15, 0.2) is 18.2 Å². The molecule has 0 saturated carbocycles. The molecule has 2 rings (SSSR count). The summed E-state index contributed by atoms with van der Waals surface area (Å²) < 4.78 is 0. The molecule has 0 unspecified atom stereocenters. The van der Waals surface area contributed by atoms with Crippen molar-refractivity contribution in [3.63, 3.8) is 0 Å². The SMILES string of the molecule is CCC1(CC)CCN(C(=O)c2cc(O)cc(O)c2)C1. The van der Waals surface area contributed by atoms with E-state index in [9.17, 15) is 15.0 Å². The Morgan fingerprint density at radius 3 is 2.26 bits per heavy atom. The molecule has 1 amide bonds. The molecule has 1 heterocycles. The average molecular weight is 263 g/mol. The lowest BCUT2D eigenvalue weighted by Gasteiger charge is -2.26. The highest BCUT2D eigenvalue weighted by Crippen LogP contribution is 2.37. The molecule has 0 spiro atoms. The number of hydrogen-bond donors (Lipinski definition) is 2. The molecule has 4 heteroatoms. The van der Waals surface area contributed by atoms with Gasteiger partial charge in [-0.25, -0.2) is 0 Å². The maximum atomic E-state index is 12.4. The first-order valence-electron chi connectivity index (χ1n) is 6.82. The molecule has 1 aliphatic rings. The lowest BCUT2D eigenvalue weighted by molar-refractivity contribution is 0.0769. The Hall–Kier alpha value is -1.71. The van der Waals surface area contributed by atoms with Gasteiger partial charge in [0.05, 0.1) is 0 Å². The van der Waals surface area contributed by atoms with Crippen LogP contribution in [0.4, 0.5) is 0 Å². The first kappa shape index (κ1) is 13.7. The van der Waals surface area contributed by atoms with Crippen molar-refractivity contribution in [3.05, 3.63) is 23.8 Å². The first-order chi connectivity index (χ1) is 8.99. The zero-order valence-electron chi connectivity index (χ0n) is 11.5. The second kappa shape index (κ2) is 5.11. The van der Waals surface area contributed by atoms with Gasteiger partial charge in [-0.15, -0.1) is 0 Å². The molecule has 0 bridgehead atoms. The highest BCUT2D eigenvalue weighted by molar-refractivity contribution is 5.95. The third-order valence-corrected chi connectivity index (χ3v) is 4.38. The summed E-state index contributed by atoms with van der Waals surface area (Å²) in [6.07, 6.45) is 3.16. The van der Waals surface area contributed by atoms with Gasteiger partial charge in [0.2, 0.25) is 0 Å². The van der Waals surface area contributed by atoms with Crippen LogP contribution in [0.3, 0.4) is 0 Å². The van der Waals surface area contributed by atoms with Gasteiger partial charge in [0, 0.05) is 24.7 Å². The Morgan fingerprint density at radius 2 is 1.79 bits per heavy atom. The third kappa shape index (κ3) is 2.67. The first-order valence-corrected chi connectivity index (χ1v) is 6.82. The maximum absolute atomic E-state index is 12.4. The van der Waals surface area contributed by atoms with Crippen molar-refractivity contribution in [2.45, 2.75) is 33.1 Å². The predicted octanol–water partition coefficient (Wildman–Crippen LogP) is 2.75. The van der Waals surface area contributed by atoms with E-state index in [1.165, 1.54) is 18.2 Å². The van der Waals surface area contributed by atoms with Crippen LogP contribution in [0.1, 0.15) is 43.5 Å². The fourth-order valence-corrected chi connectivity index (χ4v) is 2.84. The largest absolute Gasteiger partial charge is 0.508 e. The molecular formula is C15H21NO3. The van der Waals surface area contributed by atoms with Crippen molar-refractivity contribution < 1.29 is 15.0 Å². The summed E-state index contributed by atoms with van der Waals surface area (Å²) >= 11 is 0. The number of carbonyl (C=O) groups excluding carboxylic acids is 1.